The van der Waals surface area contributed by atoms with Crippen molar-refractivity contribution in [3.8, 4) is 11.5 Å². The fraction of sp³-hybridized carbons (Fsp3) is 0.278. The molecular formula is C36H40FN3O6S. The Hall–Kier alpha value is -4.90. The van der Waals surface area contributed by atoms with Crippen molar-refractivity contribution in [3.05, 3.63) is 120 Å². The summed E-state index contributed by atoms with van der Waals surface area (Å²) < 4.78 is 55.3. The first-order valence-corrected chi connectivity index (χ1v) is 16.7. The minimum absolute atomic E-state index is 0.0898. The number of nitrogens with one attached hydrogen (secondary N) is 1. The highest BCUT2D eigenvalue weighted by Gasteiger charge is 2.36. The van der Waals surface area contributed by atoms with Crippen LogP contribution >= 0.6 is 0 Å². The van der Waals surface area contributed by atoms with Crippen LogP contribution in [0.15, 0.2) is 108 Å². The molecule has 0 aliphatic rings. The number of amides is 2. The number of rotatable bonds is 15. The number of halogens is 1. The highest BCUT2D eigenvalue weighted by atomic mass is 32.2. The molecule has 11 heteroatoms. The monoisotopic (exact) mass is 661 g/mol. The Balaban J connectivity index is 1.84. The van der Waals surface area contributed by atoms with E-state index >= 15 is 4.39 Å². The third kappa shape index (κ3) is 8.68. The fourth-order valence-electron chi connectivity index (χ4n) is 5.03. The summed E-state index contributed by atoms with van der Waals surface area (Å²) in [6.07, 6.45) is 0.760. The van der Waals surface area contributed by atoms with Crippen molar-refractivity contribution in [1.82, 2.24) is 10.2 Å². The fourth-order valence-corrected chi connectivity index (χ4v) is 6.45. The maximum Gasteiger partial charge on any atom is 0.264 e. The number of carbonyl (C=O) groups is 2. The Labute approximate surface area is 276 Å². The summed E-state index contributed by atoms with van der Waals surface area (Å²) in [5.41, 5.74) is 1.07. The first-order chi connectivity index (χ1) is 22.6. The van der Waals surface area contributed by atoms with E-state index in [4.69, 9.17) is 9.47 Å². The molecule has 1 N–H and O–H groups in total. The van der Waals surface area contributed by atoms with E-state index in [0.717, 1.165) is 9.87 Å². The zero-order chi connectivity index (χ0) is 34.0. The standard InChI is InChI=1S/C36H40FN3O6S/c1-5-26(2)38-36(42)33(23-27-13-7-6-8-14-27)39(24-28-15-9-10-16-31(28)37)35(41)25-40(32-17-11-12-18-34(32)46-4)47(43,44)30-21-19-29(45-3)20-22-30/h6-22,26,33H,5,23-25H2,1-4H3,(H,38,42)/t26-,33+/m0/s1. The Kier molecular flexibility index (Phi) is 12.0. The molecule has 0 aromatic heterocycles. The summed E-state index contributed by atoms with van der Waals surface area (Å²) in [5, 5.41) is 2.97. The van der Waals surface area contributed by atoms with Crippen molar-refractivity contribution in [2.45, 2.75) is 50.2 Å². The third-order valence-corrected chi connectivity index (χ3v) is 9.62. The number of benzene rings is 4. The van der Waals surface area contributed by atoms with E-state index in [1.54, 1.807) is 24.3 Å². The van der Waals surface area contributed by atoms with Crippen LogP contribution in [-0.4, -0.2) is 58.0 Å². The molecular weight excluding hydrogens is 621 g/mol. The summed E-state index contributed by atoms with van der Waals surface area (Å²) >= 11 is 0. The minimum Gasteiger partial charge on any atom is -0.497 e. The van der Waals surface area contributed by atoms with Gasteiger partial charge in [-0.1, -0.05) is 67.6 Å². The van der Waals surface area contributed by atoms with Crippen LogP contribution in [0, 0.1) is 5.82 Å². The molecule has 0 spiro atoms. The molecule has 0 radical (unpaired) electrons. The van der Waals surface area contributed by atoms with Crippen molar-refractivity contribution in [1.29, 1.82) is 0 Å². The zero-order valence-corrected chi connectivity index (χ0v) is 27.7. The molecule has 248 valence electrons. The van der Waals surface area contributed by atoms with Crippen molar-refractivity contribution in [2.75, 3.05) is 25.1 Å². The Morgan fingerprint density at radius 3 is 2.13 bits per heavy atom. The lowest BCUT2D eigenvalue weighted by Crippen LogP contribution is -2.54. The minimum atomic E-state index is -4.37. The van der Waals surface area contributed by atoms with Gasteiger partial charge in [-0.3, -0.25) is 13.9 Å². The molecule has 4 rings (SSSR count). The quantitative estimate of drug-likeness (QED) is 0.178. The van der Waals surface area contributed by atoms with Gasteiger partial charge >= 0.3 is 0 Å². The number of carbonyl (C=O) groups excluding carboxylic acids is 2. The maximum atomic E-state index is 15.1. The smallest absolute Gasteiger partial charge is 0.264 e. The van der Waals surface area contributed by atoms with E-state index in [9.17, 15) is 18.0 Å². The molecule has 47 heavy (non-hydrogen) atoms. The van der Waals surface area contributed by atoms with Crippen LogP contribution < -0.4 is 19.1 Å². The van der Waals surface area contributed by atoms with Crippen molar-refractivity contribution in [3.63, 3.8) is 0 Å². The van der Waals surface area contributed by atoms with Crippen LogP contribution in [0.2, 0.25) is 0 Å². The highest BCUT2D eigenvalue weighted by Crippen LogP contribution is 2.33. The van der Waals surface area contributed by atoms with Gasteiger partial charge in [0.15, 0.2) is 0 Å². The third-order valence-electron chi connectivity index (χ3n) is 7.85. The average Bonchev–Trinajstić information content (AvgIpc) is 3.09. The van der Waals surface area contributed by atoms with Crippen molar-refractivity contribution < 1.29 is 31.9 Å². The predicted octanol–water partition coefficient (Wildman–Crippen LogP) is 5.59. The van der Waals surface area contributed by atoms with Crippen LogP contribution in [0.3, 0.4) is 0 Å². The van der Waals surface area contributed by atoms with E-state index < -0.39 is 40.2 Å². The molecule has 0 aliphatic carbocycles. The number of anilines is 1. The molecule has 0 saturated heterocycles. The second kappa shape index (κ2) is 16.1. The molecule has 9 nitrogen and oxygen atoms in total. The molecule has 0 saturated carbocycles. The Morgan fingerprint density at radius 1 is 0.851 bits per heavy atom. The first kappa shape index (κ1) is 35.0. The van der Waals surface area contributed by atoms with Gasteiger partial charge in [-0.15, -0.1) is 0 Å². The number of methoxy groups -OCH3 is 2. The zero-order valence-electron chi connectivity index (χ0n) is 26.9. The molecule has 0 bridgehead atoms. The first-order valence-electron chi connectivity index (χ1n) is 15.3. The topological polar surface area (TPSA) is 105 Å². The van der Waals surface area contributed by atoms with Crippen LogP contribution in [0.1, 0.15) is 31.4 Å². The Bertz CT molecular complexity index is 1750. The lowest BCUT2D eigenvalue weighted by Gasteiger charge is -2.34. The number of hydrogen-bond acceptors (Lipinski definition) is 6. The van der Waals surface area contributed by atoms with Gasteiger partial charge in [0.25, 0.3) is 10.0 Å². The molecule has 0 fully saturated rings. The van der Waals surface area contributed by atoms with E-state index in [-0.39, 0.29) is 40.9 Å². The summed E-state index contributed by atoms with van der Waals surface area (Å²) in [6, 6.07) is 26.1. The SMILES string of the molecule is CC[C@H](C)NC(=O)[C@@H](Cc1ccccc1)N(Cc1ccccc1F)C(=O)CN(c1ccccc1OC)S(=O)(=O)c1ccc(OC)cc1. The highest BCUT2D eigenvalue weighted by molar-refractivity contribution is 7.92. The molecule has 0 aliphatic heterocycles. The van der Waals surface area contributed by atoms with Crippen LogP contribution in [0.4, 0.5) is 10.1 Å². The largest absolute Gasteiger partial charge is 0.497 e. The van der Waals surface area contributed by atoms with Gasteiger partial charge < -0.3 is 19.7 Å². The lowest BCUT2D eigenvalue weighted by atomic mass is 10.0. The van der Waals surface area contributed by atoms with E-state index in [2.05, 4.69) is 5.32 Å². The second-order valence-corrected chi connectivity index (χ2v) is 12.9. The van der Waals surface area contributed by atoms with Gasteiger partial charge in [-0.2, -0.15) is 0 Å². The van der Waals surface area contributed by atoms with Crippen LogP contribution in [0.5, 0.6) is 11.5 Å². The second-order valence-electron chi connectivity index (χ2n) is 11.0. The molecule has 2 amide bonds. The number of hydrogen-bond donors (Lipinski definition) is 1. The Morgan fingerprint density at radius 2 is 1.49 bits per heavy atom. The predicted molar refractivity (Wildman–Crippen MR) is 179 cm³/mol. The number of nitrogens with zero attached hydrogens (tertiary/aromatic N) is 2. The van der Waals surface area contributed by atoms with Crippen LogP contribution in [-0.2, 0) is 32.6 Å². The van der Waals surface area contributed by atoms with E-state index in [0.29, 0.717) is 12.2 Å². The van der Waals surface area contributed by atoms with Gasteiger partial charge in [0.1, 0.15) is 29.9 Å². The molecule has 2 atom stereocenters. The normalized spacial score (nSPS) is 12.4. The maximum absolute atomic E-state index is 15.1. The van der Waals surface area contributed by atoms with Gasteiger partial charge in [0, 0.05) is 24.6 Å². The van der Waals surface area contributed by atoms with Gasteiger partial charge in [-0.25, -0.2) is 12.8 Å². The summed E-state index contributed by atoms with van der Waals surface area (Å²) in [6.45, 7) is 2.80. The van der Waals surface area contributed by atoms with Gasteiger partial charge in [-0.05, 0) is 61.4 Å². The number of sulfonamides is 1. The lowest BCUT2D eigenvalue weighted by molar-refractivity contribution is -0.140. The molecule has 0 unspecified atom stereocenters. The van der Waals surface area contributed by atoms with E-state index in [1.807, 2.05) is 44.2 Å². The summed E-state index contributed by atoms with van der Waals surface area (Å²) in [7, 11) is -1.50. The summed E-state index contributed by atoms with van der Waals surface area (Å²) in [4.78, 5) is 29.6. The van der Waals surface area contributed by atoms with Gasteiger partial charge in [0.2, 0.25) is 11.8 Å². The number of para-hydroxylation sites is 2. The molecule has 4 aromatic rings. The number of ether oxygens (including phenoxy) is 2. The average molecular weight is 662 g/mol. The molecule has 4 aromatic carbocycles. The van der Waals surface area contributed by atoms with Gasteiger partial charge in [0.05, 0.1) is 24.8 Å². The molecule has 0 heterocycles. The van der Waals surface area contributed by atoms with Crippen molar-refractivity contribution >= 4 is 27.5 Å². The van der Waals surface area contributed by atoms with Crippen LogP contribution in [0.25, 0.3) is 0 Å². The van der Waals surface area contributed by atoms with Crippen molar-refractivity contribution in [2.24, 2.45) is 0 Å². The summed E-state index contributed by atoms with van der Waals surface area (Å²) in [5.74, 6) is -1.03. The van der Waals surface area contributed by atoms with E-state index in [1.165, 1.54) is 67.7 Å².